The van der Waals surface area contributed by atoms with E-state index in [1.54, 1.807) is 0 Å². The maximum Gasteiger partial charge on any atom is 0.163 e. The van der Waals surface area contributed by atoms with Gasteiger partial charge in [0.05, 0.1) is 12.2 Å². The number of ether oxygens (including phenoxy) is 2. The summed E-state index contributed by atoms with van der Waals surface area (Å²) in [6.45, 7) is 7.80. The summed E-state index contributed by atoms with van der Waals surface area (Å²) in [7, 11) is 2.30. The van der Waals surface area contributed by atoms with Crippen molar-refractivity contribution in [1.82, 2.24) is 0 Å². The average Bonchev–Trinajstić information content (AvgIpc) is 2.58. The SMILES string of the molecule is B[C@@H]1C[C@H](CCP(=C)(C)C)[C@H]2OC(C)(C)OC12. The molecule has 0 aromatic rings. The summed E-state index contributed by atoms with van der Waals surface area (Å²) in [6, 6.07) is 0. The number of hydrogen-bond donors (Lipinski definition) is 0. The van der Waals surface area contributed by atoms with Gasteiger partial charge in [0.15, 0.2) is 5.79 Å². The second-order valence-corrected chi connectivity index (χ2v) is 11.3. The van der Waals surface area contributed by atoms with Crippen molar-refractivity contribution < 1.29 is 9.47 Å². The van der Waals surface area contributed by atoms with Gasteiger partial charge in [0, 0.05) is 0 Å². The number of fused-ring (bicyclic) bond motifs is 1. The molecule has 1 unspecified atom stereocenters. The van der Waals surface area contributed by atoms with E-state index in [4.69, 9.17) is 9.47 Å². The van der Waals surface area contributed by atoms with E-state index < -0.39 is 6.89 Å². The summed E-state index contributed by atoms with van der Waals surface area (Å²) in [6.07, 6.45) is 8.74. The molecule has 98 valence electrons. The van der Waals surface area contributed by atoms with Crippen LogP contribution in [0.4, 0.5) is 0 Å². The van der Waals surface area contributed by atoms with E-state index in [2.05, 4.69) is 27.5 Å². The summed E-state index contributed by atoms with van der Waals surface area (Å²) >= 11 is 0. The average molecular weight is 256 g/mol. The lowest BCUT2D eigenvalue weighted by molar-refractivity contribution is -0.156. The Balaban J connectivity index is 1.99. The van der Waals surface area contributed by atoms with Crippen LogP contribution in [0.1, 0.15) is 26.7 Å². The van der Waals surface area contributed by atoms with Crippen LogP contribution in [-0.2, 0) is 9.47 Å². The fourth-order valence-corrected chi connectivity index (χ4v) is 4.20. The zero-order valence-electron chi connectivity index (χ0n) is 11.9. The van der Waals surface area contributed by atoms with Gasteiger partial charge >= 0.3 is 0 Å². The number of hydrogen-bond acceptors (Lipinski definition) is 2. The largest absolute Gasteiger partial charge is 0.345 e. The summed E-state index contributed by atoms with van der Waals surface area (Å²) in [5.74, 6) is 0.938. The van der Waals surface area contributed by atoms with E-state index in [0.717, 1.165) is 0 Å². The van der Waals surface area contributed by atoms with Gasteiger partial charge in [-0.1, -0.05) is 0 Å². The van der Waals surface area contributed by atoms with Crippen LogP contribution in [0.2, 0.25) is 5.82 Å². The van der Waals surface area contributed by atoms with Crippen LogP contribution in [0.3, 0.4) is 0 Å². The van der Waals surface area contributed by atoms with Crippen molar-refractivity contribution >= 4 is 21.0 Å². The second-order valence-electron chi connectivity index (χ2n) is 6.99. The maximum absolute atomic E-state index is 6.09. The summed E-state index contributed by atoms with van der Waals surface area (Å²) in [5, 5.41) is 0. The van der Waals surface area contributed by atoms with E-state index in [0.29, 0.717) is 23.9 Å². The van der Waals surface area contributed by atoms with Crippen LogP contribution < -0.4 is 0 Å². The third-order valence-corrected chi connectivity index (χ3v) is 5.44. The lowest BCUT2D eigenvalue weighted by Crippen LogP contribution is -2.25. The molecule has 2 aliphatic rings. The molecular formula is C13H26BO2P. The minimum absolute atomic E-state index is 0.321. The minimum Gasteiger partial charge on any atom is -0.345 e. The van der Waals surface area contributed by atoms with Crippen LogP contribution in [0, 0.1) is 5.92 Å². The van der Waals surface area contributed by atoms with Gasteiger partial charge in [-0.3, -0.25) is 0 Å². The Bertz CT molecular complexity index is 336. The van der Waals surface area contributed by atoms with Crippen LogP contribution >= 0.6 is 6.89 Å². The topological polar surface area (TPSA) is 18.5 Å². The molecule has 0 N–H and O–H groups in total. The van der Waals surface area contributed by atoms with E-state index in [-0.39, 0.29) is 5.79 Å². The lowest BCUT2D eigenvalue weighted by Gasteiger charge is -2.23. The molecule has 1 aliphatic carbocycles. The molecule has 2 fully saturated rings. The molecule has 0 bridgehead atoms. The molecule has 1 aliphatic heterocycles. The zero-order chi connectivity index (χ0) is 12.8. The van der Waals surface area contributed by atoms with Gasteiger partial charge in [0.1, 0.15) is 7.85 Å². The number of rotatable bonds is 3. The summed E-state index contributed by atoms with van der Waals surface area (Å²) in [4.78, 5) is 0. The predicted octanol–water partition coefficient (Wildman–Crippen LogP) is 2.05. The Morgan fingerprint density at radius 1 is 1.29 bits per heavy atom. The molecule has 0 amide bonds. The van der Waals surface area contributed by atoms with Crippen molar-refractivity contribution in [3.8, 4) is 0 Å². The molecule has 4 heteroatoms. The fraction of sp³-hybridized carbons (Fsp3) is 0.923. The van der Waals surface area contributed by atoms with Crippen LogP contribution in [-0.4, -0.2) is 51.6 Å². The highest BCUT2D eigenvalue weighted by molar-refractivity contribution is 7.72. The van der Waals surface area contributed by atoms with Crippen molar-refractivity contribution in [3.63, 3.8) is 0 Å². The summed E-state index contributed by atoms with van der Waals surface area (Å²) in [5.41, 5.74) is 0. The van der Waals surface area contributed by atoms with E-state index in [1.165, 1.54) is 19.0 Å². The van der Waals surface area contributed by atoms with Crippen molar-refractivity contribution in [2.75, 3.05) is 19.5 Å². The Morgan fingerprint density at radius 2 is 1.88 bits per heavy atom. The standard InChI is InChI=1S/C13H26BO2P/c1-13(2)15-11-9(6-7-17(3,4)5)8-10(14)12(11)16-13/h9-12H,3,6-8,14H2,1-2,4-5H3/t9-,10+,11+,12?/m0/s1. The second kappa shape index (κ2) is 4.44. The Labute approximate surface area is 107 Å². The Kier molecular flexibility index (Phi) is 3.58. The van der Waals surface area contributed by atoms with E-state index >= 15 is 0 Å². The normalized spacial score (nSPS) is 40.5. The van der Waals surface area contributed by atoms with Gasteiger partial charge in [0.2, 0.25) is 0 Å². The molecule has 0 spiro atoms. The quantitative estimate of drug-likeness (QED) is 0.568. The lowest BCUT2D eigenvalue weighted by atomic mass is 9.83. The molecule has 1 saturated heterocycles. The van der Waals surface area contributed by atoms with Gasteiger partial charge < -0.3 is 9.47 Å². The van der Waals surface area contributed by atoms with E-state index in [9.17, 15) is 0 Å². The smallest absolute Gasteiger partial charge is 0.163 e. The summed E-state index contributed by atoms with van der Waals surface area (Å²) < 4.78 is 12.1. The highest BCUT2D eigenvalue weighted by atomic mass is 31.2. The molecule has 0 aromatic heterocycles. The van der Waals surface area contributed by atoms with Crippen molar-refractivity contribution in [3.05, 3.63) is 0 Å². The van der Waals surface area contributed by atoms with Crippen molar-refractivity contribution in [2.45, 2.75) is 50.5 Å². The monoisotopic (exact) mass is 256 g/mol. The molecule has 0 aromatic carbocycles. The van der Waals surface area contributed by atoms with Gasteiger partial charge in [-0.15, -0.1) is 13.2 Å². The molecule has 1 heterocycles. The molecule has 2 nitrogen and oxygen atoms in total. The van der Waals surface area contributed by atoms with Crippen LogP contribution in [0.15, 0.2) is 0 Å². The highest BCUT2D eigenvalue weighted by Crippen LogP contribution is 2.49. The first kappa shape index (κ1) is 13.7. The molecule has 0 radical (unpaired) electrons. The minimum atomic E-state index is -0.903. The van der Waals surface area contributed by atoms with Crippen LogP contribution in [0.5, 0.6) is 0 Å². The molecule has 17 heavy (non-hydrogen) atoms. The zero-order valence-corrected chi connectivity index (χ0v) is 12.8. The van der Waals surface area contributed by atoms with E-state index in [1.807, 2.05) is 13.8 Å². The maximum atomic E-state index is 6.09. The Hall–Kier alpha value is 0.285. The fourth-order valence-electron chi connectivity index (χ4n) is 3.16. The third kappa shape index (κ3) is 3.19. The first-order chi connectivity index (χ1) is 7.68. The van der Waals surface area contributed by atoms with Gasteiger partial charge in [-0.05, 0) is 57.9 Å². The van der Waals surface area contributed by atoms with Crippen LogP contribution in [0.25, 0.3) is 0 Å². The van der Waals surface area contributed by atoms with Crippen molar-refractivity contribution in [2.24, 2.45) is 5.92 Å². The molecule has 2 rings (SSSR count). The molecular weight excluding hydrogens is 230 g/mol. The Morgan fingerprint density at radius 3 is 2.47 bits per heavy atom. The third-order valence-electron chi connectivity index (χ3n) is 3.97. The highest BCUT2D eigenvalue weighted by Gasteiger charge is 2.51. The van der Waals surface area contributed by atoms with Gasteiger partial charge in [-0.25, -0.2) is 0 Å². The van der Waals surface area contributed by atoms with Gasteiger partial charge in [0.25, 0.3) is 0 Å². The molecule has 1 saturated carbocycles. The van der Waals surface area contributed by atoms with Gasteiger partial charge in [-0.2, -0.15) is 0 Å². The first-order valence-corrected chi connectivity index (χ1v) is 9.76. The first-order valence-electron chi connectivity index (χ1n) is 6.71. The van der Waals surface area contributed by atoms with Crippen molar-refractivity contribution in [1.29, 1.82) is 0 Å². The predicted molar refractivity (Wildman–Crippen MR) is 79.6 cm³/mol. The molecule has 4 atom stereocenters.